The fourth-order valence-electron chi connectivity index (χ4n) is 16.7. The van der Waals surface area contributed by atoms with Crippen molar-refractivity contribution in [1.82, 2.24) is 4.98 Å². The van der Waals surface area contributed by atoms with E-state index >= 15 is 0 Å². The molecule has 1 aromatic heterocycles. The monoisotopic (exact) mass is 1490 g/mol. The van der Waals surface area contributed by atoms with Gasteiger partial charge in [0.2, 0.25) is 5.89 Å². The van der Waals surface area contributed by atoms with E-state index in [1.165, 1.54) is 61.2 Å². The molecule has 0 aliphatic carbocycles. The molecule has 0 bridgehead atoms. The summed E-state index contributed by atoms with van der Waals surface area (Å²) in [5.74, 6) is 4.16. The van der Waals surface area contributed by atoms with E-state index in [-0.39, 0.29) is 32.4 Å². The Bertz CT molecular complexity index is 6180. The first-order chi connectivity index (χ1) is 53.9. The van der Waals surface area contributed by atoms with Crippen LogP contribution in [-0.2, 0) is 22.2 Å². The van der Waals surface area contributed by atoms with Crippen LogP contribution in [0.25, 0.3) is 55.9 Å². The van der Waals surface area contributed by atoms with Crippen LogP contribution < -0.4 is 49.9 Å². The SMILES string of the molecule is Brc1ccc2c(c1)CC(c1ccc(N3c4ccccc4Oc4ccccc43)cc1)=N2.CC1(C)OB(c2ccc3c(c2)-c2ccccc2B2Oc4ccccc4N23)OC1(C)C.c1ccc2c(c1)Cc1ccccc1N2c1ccc(-c2nc3ccc(-c4ccc5c(c4)-c4ccccc4B4Oc6ccccc6N45)cc3o2)cc1. The number of nitrogens with zero attached hydrogens (tertiary/aromatic N) is 6. The molecule has 0 spiro atoms. The highest BCUT2D eigenvalue weighted by atomic mass is 79.9. The summed E-state index contributed by atoms with van der Waals surface area (Å²) >= 11 is 3.55. The van der Waals surface area contributed by atoms with Gasteiger partial charge >= 0.3 is 21.2 Å². The molecule has 9 heterocycles. The summed E-state index contributed by atoms with van der Waals surface area (Å²) in [7, 11) is -0.701. The van der Waals surface area contributed by atoms with Crippen molar-refractivity contribution >= 4 is 133 Å². The van der Waals surface area contributed by atoms with Crippen LogP contribution in [0.3, 0.4) is 0 Å². The summed E-state index contributed by atoms with van der Waals surface area (Å²) in [4.78, 5) is 18.9. The van der Waals surface area contributed by atoms with Crippen LogP contribution in [0.2, 0.25) is 0 Å². The van der Waals surface area contributed by atoms with Crippen LogP contribution >= 0.6 is 15.9 Å². The summed E-state index contributed by atoms with van der Waals surface area (Å²) in [6.45, 7) is 8.35. The number of rotatable bonds is 6. The molecule has 23 rings (SSSR count). The van der Waals surface area contributed by atoms with Gasteiger partial charge in [-0.15, -0.1) is 0 Å². The molecule has 110 heavy (non-hydrogen) atoms. The van der Waals surface area contributed by atoms with Crippen molar-refractivity contribution in [1.29, 1.82) is 0 Å². The Morgan fingerprint density at radius 2 is 0.845 bits per heavy atom. The Morgan fingerprint density at radius 3 is 1.45 bits per heavy atom. The number of aromatic nitrogens is 1. The van der Waals surface area contributed by atoms with Gasteiger partial charge in [-0.2, -0.15) is 0 Å². The number of fused-ring (bicyclic) bond motifs is 22. The number of hydrogen-bond donors (Lipinski definition) is 0. The lowest BCUT2D eigenvalue weighted by Crippen LogP contribution is -2.50. The van der Waals surface area contributed by atoms with Crippen molar-refractivity contribution in [2.45, 2.75) is 51.7 Å². The van der Waals surface area contributed by atoms with E-state index in [0.29, 0.717) is 5.89 Å². The number of halogens is 1. The molecule has 0 N–H and O–H groups in total. The molecule has 12 nitrogen and oxygen atoms in total. The Labute approximate surface area is 647 Å². The van der Waals surface area contributed by atoms with Gasteiger partial charge in [-0.25, -0.2) is 4.98 Å². The van der Waals surface area contributed by atoms with Gasteiger partial charge in [-0.05, 0) is 234 Å². The molecule has 0 atom stereocenters. The fraction of sp³-hybridized carbons (Fsp3) is 0.0851. The molecule has 0 amide bonds. The quantitative estimate of drug-likeness (QED) is 0.149. The predicted octanol–water partition coefficient (Wildman–Crippen LogP) is 22.0. The molecule has 14 aromatic carbocycles. The van der Waals surface area contributed by atoms with E-state index in [1.54, 1.807) is 0 Å². The van der Waals surface area contributed by atoms with Gasteiger partial charge in [0.05, 0.1) is 45.4 Å². The normalized spacial score (nSPS) is 15.3. The molecule has 15 aromatic rings. The lowest BCUT2D eigenvalue weighted by atomic mass is 9.64. The second-order valence-electron chi connectivity index (χ2n) is 29.8. The van der Waals surface area contributed by atoms with Gasteiger partial charge in [-0.3, -0.25) is 4.99 Å². The van der Waals surface area contributed by atoms with Gasteiger partial charge in [0.25, 0.3) is 0 Å². The van der Waals surface area contributed by atoms with Crippen LogP contribution in [0.1, 0.15) is 49.9 Å². The Hall–Kier alpha value is -12.6. The number of aliphatic imine (C=N–C) groups is 1. The van der Waals surface area contributed by atoms with Crippen LogP contribution in [-0.4, -0.2) is 43.1 Å². The number of para-hydroxylation sites is 10. The molecule has 16 heteroatoms. The lowest BCUT2D eigenvalue weighted by Gasteiger charge is -2.33. The average molecular weight is 1490 g/mol. The first-order valence-corrected chi connectivity index (χ1v) is 38.2. The zero-order valence-corrected chi connectivity index (χ0v) is 62.3. The van der Waals surface area contributed by atoms with Gasteiger partial charge in [-0.1, -0.05) is 186 Å². The Kier molecular flexibility index (Phi) is 15.4. The Balaban J connectivity index is 0.000000111. The summed E-state index contributed by atoms with van der Waals surface area (Å²) in [5, 5.41) is 0. The topological polar surface area (TPSA) is 97.5 Å². The fourth-order valence-corrected chi connectivity index (χ4v) is 17.1. The maximum atomic E-state index is 6.47. The zero-order chi connectivity index (χ0) is 73.5. The van der Waals surface area contributed by atoms with Gasteiger partial charge in [0.15, 0.2) is 17.1 Å². The molecular weight excluding hydrogens is 1420 g/mol. The maximum absolute atomic E-state index is 6.47. The minimum absolute atomic E-state index is 0.145. The third kappa shape index (κ3) is 11.0. The van der Waals surface area contributed by atoms with E-state index < -0.39 is 0 Å². The number of hydrogen-bond acceptors (Lipinski definition) is 12. The van der Waals surface area contributed by atoms with Crippen molar-refractivity contribution in [3.05, 3.63) is 342 Å². The third-order valence-electron chi connectivity index (χ3n) is 22.8. The third-order valence-corrected chi connectivity index (χ3v) is 23.3. The molecule has 0 radical (unpaired) electrons. The van der Waals surface area contributed by atoms with Gasteiger partial charge in [0, 0.05) is 68.1 Å². The van der Waals surface area contributed by atoms with Crippen LogP contribution in [0.4, 0.5) is 62.6 Å². The number of benzene rings is 14. The molecule has 8 aliphatic rings. The summed E-state index contributed by atoms with van der Waals surface area (Å²) in [6, 6.07) is 110. The van der Waals surface area contributed by atoms with E-state index in [2.05, 4.69) is 312 Å². The second kappa shape index (κ2) is 25.8. The van der Waals surface area contributed by atoms with Crippen molar-refractivity contribution in [2.75, 3.05) is 19.4 Å². The first-order valence-electron chi connectivity index (χ1n) is 37.4. The van der Waals surface area contributed by atoms with Crippen LogP contribution in [0.15, 0.2) is 329 Å². The Morgan fingerprint density at radius 1 is 0.373 bits per heavy atom. The van der Waals surface area contributed by atoms with Crippen molar-refractivity contribution in [3.8, 4) is 67.8 Å². The first kappa shape index (κ1) is 65.7. The second-order valence-corrected chi connectivity index (χ2v) is 30.7. The minimum atomic E-state index is -0.382. The van der Waals surface area contributed by atoms with E-state index in [9.17, 15) is 0 Å². The molecule has 1 saturated heterocycles. The van der Waals surface area contributed by atoms with E-state index in [4.69, 9.17) is 37.7 Å². The lowest BCUT2D eigenvalue weighted by molar-refractivity contribution is 0.00578. The number of ether oxygens (including phenoxy) is 1. The van der Waals surface area contributed by atoms with Crippen LogP contribution in [0.5, 0.6) is 23.0 Å². The largest absolute Gasteiger partial charge is 0.536 e. The maximum Gasteiger partial charge on any atom is 0.524 e. The minimum Gasteiger partial charge on any atom is -0.536 e. The highest BCUT2D eigenvalue weighted by Crippen LogP contribution is 2.53. The van der Waals surface area contributed by atoms with Gasteiger partial charge in [0.1, 0.15) is 17.0 Å². The number of anilines is 10. The van der Waals surface area contributed by atoms with Crippen LogP contribution in [0, 0.1) is 0 Å². The molecule has 0 unspecified atom stereocenters. The highest BCUT2D eigenvalue weighted by Gasteiger charge is 2.53. The smallest absolute Gasteiger partial charge is 0.524 e. The predicted molar refractivity (Wildman–Crippen MR) is 450 cm³/mol. The molecule has 526 valence electrons. The van der Waals surface area contributed by atoms with Crippen molar-refractivity contribution in [3.63, 3.8) is 0 Å². The molecule has 0 saturated carbocycles. The summed E-state index contributed by atoms with van der Waals surface area (Å²) in [6.07, 6.45) is 1.80. The molecular formula is C94H68B3BrN6O6. The molecule has 8 aliphatic heterocycles. The summed E-state index contributed by atoms with van der Waals surface area (Å²) in [5.41, 5.74) is 30.6. The zero-order valence-electron chi connectivity index (χ0n) is 60.7. The van der Waals surface area contributed by atoms with Gasteiger partial charge < -0.3 is 47.2 Å². The highest BCUT2D eigenvalue weighted by molar-refractivity contribution is 9.10. The standard InChI is InChI=1S/C44H28BN3O2.C26H17BrN2O.C24H23B2NO3/c1-5-13-38-31(9-1)25-32-10-2-6-14-39(32)47(38)33-21-17-28(18-22-33)44-46-37-23-19-30(27-43(37)49-44)29-20-24-40-35(26-29)34-11-3-4-12-36(34)45-48(40)41-15-7-8-16-42(41)50-45;27-19-11-14-21-18(15-19)16-22(28-21)17-9-12-20(13-10-17)29-23-5-1-3-7-25(23)30-26-8-4-2-6-24(26)29;1-23(2)24(3,4)30-26(29-23)16-13-14-20-18(15-16)17-9-5-6-10-19(17)25-27(20)21-11-7-8-12-22(21)28-25/h1-24,26-27H,25H2;1-15H,16H2;5-15H,1-4H3. The molecule has 1 fully saturated rings. The number of oxazole rings is 1. The van der Waals surface area contributed by atoms with E-state index in [1.807, 2.05) is 66.7 Å². The van der Waals surface area contributed by atoms with Crippen molar-refractivity contribution in [2.24, 2.45) is 4.99 Å². The van der Waals surface area contributed by atoms with Crippen molar-refractivity contribution < 1.29 is 27.8 Å². The average Bonchev–Trinajstić information content (AvgIpc) is 1.55. The summed E-state index contributed by atoms with van der Waals surface area (Å²) < 4.78 is 39.1. The van der Waals surface area contributed by atoms with E-state index in [0.717, 1.165) is 136 Å².